The van der Waals surface area contributed by atoms with Gasteiger partial charge in [0.15, 0.2) is 0 Å². The number of imidazole rings is 1. The number of nitrogens with zero attached hydrogens (tertiary/aromatic N) is 2. The zero-order chi connectivity index (χ0) is 17.8. The number of nitrogens with one attached hydrogen (secondary N) is 2. The minimum absolute atomic E-state index is 0.00768. The van der Waals surface area contributed by atoms with Crippen molar-refractivity contribution in [3.63, 3.8) is 0 Å². The minimum atomic E-state index is -0.00768. The summed E-state index contributed by atoms with van der Waals surface area (Å²) in [6.07, 6.45) is 3.98. The fourth-order valence-electron chi connectivity index (χ4n) is 2.98. The molecule has 26 heavy (non-hydrogen) atoms. The molecule has 1 fully saturated rings. The van der Waals surface area contributed by atoms with Crippen LogP contribution in [0.15, 0.2) is 47.6 Å². The van der Waals surface area contributed by atoms with Crippen LogP contribution in [0.25, 0.3) is 22.4 Å². The molecular weight excluding hydrogens is 348 g/mol. The molecule has 3 heterocycles. The first kappa shape index (κ1) is 17.1. The van der Waals surface area contributed by atoms with Gasteiger partial charge in [-0.3, -0.25) is 4.79 Å². The predicted molar refractivity (Wildman–Crippen MR) is 102 cm³/mol. The maximum Gasteiger partial charge on any atom is 0.230 e. The van der Waals surface area contributed by atoms with Crippen LogP contribution in [-0.4, -0.2) is 45.9 Å². The summed E-state index contributed by atoms with van der Waals surface area (Å²) in [5, 5.41) is 3.73. The molecule has 2 N–H and O–H groups in total. The van der Waals surface area contributed by atoms with Gasteiger partial charge in [0, 0.05) is 24.9 Å². The summed E-state index contributed by atoms with van der Waals surface area (Å²) >= 11 is 1.42. The van der Waals surface area contributed by atoms with Gasteiger partial charge in [0.1, 0.15) is 10.9 Å². The Bertz CT molecular complexity index is 872. The lowest BCUT2D eigenvalue weighted by molar-refractivity contribution is -0.119. The molecule has 1 aliphatic heterocycles. The zero-order valence-corrected chi connectivity index (χ0v) is 15.1. The highest BCUT2D eigenvalue weighted by atomic mass is 32.2. The molecule has 3 aromatic rings. The van der Waals surface area contributed by atoms with Crippen molar-refractivity contribution in [2.24, 2.45) is 0 Å². The third-order valence-corrected chi connectivity index (χ3v) is 5.31. The number of benzene rings is 1. The quantitative estimate of drug-likeness (QED) is 0.654. The molecule has 6 nitrogen and oxygen atoms in total. The number of hydrogen-bond donors (Lipinski definition) is 2. The average Bonchev–Trinajstić information content (AvgIpc) is 3.34. The molecule has 0 spiro atoms. The van der Waals surface area contributed by atoms with E-state index < -0.39 is 0 Å². The van der Waals surface area contributed by atoms with E-state index >= 15 is 0 Å². The lowest BCUT2D eigenvalue weighted by Gasteiger charge is -2.11. The van der Waals surface area contributed by atoms with Crippen LogP contribution in [-0.2, 0) is 9.53 Å². The number of fused-ring (bicyclic) bond motifs is 1. The SMILES string of the molecule is O=C(CSc1ncccc1-c1nc2ccccc2[nH]1)NCC1CCCO1. The van der Waals surface area contributed by atoms with Gasteiger partial charge in [0.25, 0.3) is 0 Å². The number of para-hydroxylation sites is 2. The third-order valence-electron chi connectivity index (χ3n) is 4.31. The molecule has 0 radical (unpaired) electrons. The molecule has 1 atom stereocenters. The molecule has 0 bridgehead atoms. The molecule has 1 amide bonds. The van der Waals surface area contributed by atoms with E-state index in [4.69, 9.17) is 4.74 Å². The number of hydrogen-bond acceptors (Lipinski definition) is 5. The monoisotopic (exact) mass is 368 g/mol. The number of ether oxygens (including phenoxy) is 1. The largest absolute Gasteiger partial charge is 0.376 e. The van der Waals surface area contributed by atoms with Crippen LogP contribution in [0.5, 0.6) is 0 Å². The van der Waals surface area contributed by atoms with E-state index in [-0.39, 0.29) is 12.0 Å². The van der Waals surface area contributed by atoms with Gasteiger partial charge in [0.2, 0.25) is 5.91 Å². The Hall–Kier alpha value is -2.38. The number of H-pyrrole nitrogens is 1. The summed E-state index contributed by atoms with van der Waals surface area (Å²) in [6, 6.07) is 11.7. The number of aromatic nitrogens is 3. The number of aromatic amines is 1. The van der Waals surface area contributed by atoms with Crippen LogP contribution in [0.2, 0.25) is 0 Å². The van der Waals surface area contributed by atoms with Crippen molar-refractivity contribution in [3.05, 3.63) is 42.6 Å². The van der Waals surface area contributed by atoms with Crippen molar-refractivity contribution in [1.29, 1.82) is 0 Å². The Labute approximate surface area is 155 Å². The number of amides is 1. The Morgan fingerprint density at radius 3 is 3.08 bits per heavy atom. The number of rotatable bonds is 6. The summed E-state index contributed by atoms with van der Waals surface area (Å²) in [7, 11) is 0. The number of thioether (sulfide) groups is 1. The number of carbonyl (C=O) groups is 1. The van der Waals surface area contributed by atoms with Crippen molar-refractivity contribution < 1.29 is 9.53 Å². The zero-order valence-electron chi connectivity index (χ0n) is 14.3. The Balaban J connectivity index is 1.43. The van der Waals surface area contributed by atoms with E-state index in [2.05, 4.69) is 20.3 Å². The minimum Gasteiger partial charge on any atom is -0.376 e. The summed E-state index contributed by atoms with van der Waals surface area (Å²) in [6.45, 7) is 1.38. The van der Waals surface area contributed by atoms with Gasteiger partial charge in [-0.2, -0.15) is 0 Å². The van der Waals surface area contributed by atoms with Gasteiger partial charge in [-0.25, -0.2) is 9.97 Å². The maximum absolute atomic E-state index is 12.1. The standard InChI is InChI=1S/C19H20N4O2S/c24-17(21-11-13-5-4-10-25-13)12-26-19-14(6-3-9-20-19)18-22-15-7-1-2-8-16(15)23-18/h1-3,6-9,13H,4-5,10-12H2,(H,21,24)(H,22,23). The molecule has 2 aromatic heterocycles. The summed E-state index contributed by atoms with van der Waals surface area (Å²) in [5.74, 6) is 1.07. The summed E-state index contributed by atoms with van der Waals surface area (Å²) in [4.78, 5) is 24.5. The Morgan fingerprint density at radius 1 is 1.31 bits per heavy atom. The molecule has 1 saturated heterocycles. The molecule has 4 rings (SSSR count). The van der Waals surface area contributed by atoms with Gasteiger partial charge in [0.05, 0.1) is 22.9 Å². The van der Waals surface area contributed by atoms with Crippen LogP contribution in [0, 0.1) is 0 Å². The second-order valence-corrected chi connectivity index (χ2v) is 7.15. The first-order valence-corrected chi connectivity index (χ1v) is 9.69. The molecule has 1 unspecified atom stereocenters. The van der Waals surface area contributed by atoms with Gasteiger partial charge in [-0.05, 0) is 37.1 Å². The number of pyridine rings is 1. The van der Waals surface area contributed by atoms with E-state index in [0.29, 0.717) is 12.3 Å². The van der Waals surface area contributed by atoms with Crippen molar-refractivity contribution >= 4 is 28.7 Å². The van der Waals surface area contributed by atoms with Crippen molar-refractivity contribution in [2.45, 2.75) is 24.0 Å². The molecule has 7 heteroatoms. The third kappa shape index (κ3) is 3.89. The van der Waals surface area contributed by atoms with Gasteiger partial charge in [-0.1, -0.05) is 23.9 Å². The maximum atomic E-state index is 12.1. The molecular formula is C19H20N4O2S. The first-order valence-electron chi connectivity index (χ1n) is 8.71. The fourth-order valence-corrected chi connectivity index (χ4v) is 3.81. The normalized spacial score (nSPS) is 16.8. The van der Waals surface area contributed by atoms with E-state index in [9.17, 15) is 4.79 Å². The lowest BCUT2D eigenvalue weighted by Crippen LogP contribution is -2.32. The van der Waals surface area contributed by atoms with Crippen LogP contribution < -0.4 is 5.32 Å². The van der Waals surface area contributed by atoms with E-state index in [0.717, 1.165) is 46.9 Å². The average molecular weight is 368 g/mol. The fraction of sp³-hybridized carbons (Fsp3) is 0.316. The van der Waals surface area contributed by atoms with Gasteiger partial charge < -0.3 is 15.0 Å². The second kappa shape index (κ2) is 7.88. The second-order valence-electron chi connectivity index (χ2n) is 6.19. The van der Waals surface area contributed by atoms with Crippen molar-refractivity contribution in [3.8, 4) is 11.4 Å². The predicted octanol–water partition coefficient (Wildman–Crippen LogP) is 3.01. The van der Waals surface area contributed by atoms with Crippen LogP contribution in [0.4, 0.5) is 0 Å². The van der Waals surface area contributed by atoms with Gasteiger partial charge in [-0.15, -0.1) is 0 Å². The lowest BCUT2D eigenvalue weighted by atomic mass is 10.2. The summed E-state index contributed by atoms with van der Waals surface area (Å²) < 4.78 is 5.53. The Kier molecular flexibility index (Phi) is 5.17. The van der Waals surface area contributed by atoms with E-state index in [1.807, 2.05) is 36.4 Å². The van der Waals surface area contributed by atoms with Crippen LogP contribution >= 0.6 is 11.8 Å². The van der Waals surface area contributed by atoms with E-state index in [1.54, 1.807) is 6.20 Å². The highest BCUT2D eigenvalue weighted by Crippen LogP contribution is 2.29. The van der Waals surface area contributed by atoms with Crippen LogP contribution in [0.3, 0.4) is 0 Å². The molecule has 0 saturated carbocycles. The van der Waals surface area contributed by atoms with Crippen molar-refractivity contribution in [2.75, 3.05) is 18.9 Å². The van der Waals surface area contributed by atoms with Gasteiger partial charge >= 0.3 is 0 Å². The summed E-state index contributed by atoms with van der Waals surface area (Å²) in [5.41, 5.74) is 2.80. The molecule has 0 aliphatic carbocycles. The highest BCUT2D eigenvalue weighted by molar-refractivity contribution is 8.00. The first-order chi connectivity index (χ1) is 12.8. The molecule has 1 aromatic carbocycles. The van der Waals surface area contributed by atoms with E-state index in [1.165, 1.54) is 11.8 Å². The molecule has 1 aliphatic rings. The smallest absolute Gasteiger partial charge is 0.230 e. The topological polar surface area (TPSA) is 79.9 Å². The molecule has 134 valence electrons. The number of carbonyl (C=O) groups excluding carboxylic acids is 1. The van der Waals surface area contributed by atoms with Crippen molar-refractivity contribution in [1.82, 2.24) is 20.3 Å². The Morgan fingerprint density at radius 2 is 2.23 bits per heavy atom. The van der Waals surface area contributed by atoms with Crippen LogP contribution in [0.1, 0.15) is 12.8 Å². The highest BCUT2D eigenvalue weighted by Gasteiger charge is 2.17.